The van der Waals surface area contributed by atoms with E-state index < -0.39 is 0 Å². The summed E-state index contributed by atoms with van der Waals surface area (Å²) in [6, 6.07) is 16.4. The Morgan fingerprint density at radius 3 is 2.73 bits per heavy atom. The molecule has 1 amide bonds. The lowest BCUT2D eigenvalue weighted by atomic mass is 10.1. The Hall–Kier alpha value is -1.98. The largest absolute Gasteiger partial charge is 0.380 e. The predicted molar refractivity (Wildman–Crippen MR) is 108 cm³/mol. The van der Waals surface area contributed by atoms with Crippen molar-refractivity contribution < 1.29 is 9.53 Å². The smallest absolute Gasteiger partial charge is 0.239 e. The molecule has 1 heterocycles. The van der Waals surface area contributed by atoms with Gasteiger partial charge in [0.25, 0.3) is 0 Å². The van der Waals surface area contributed by atoms with Gasteiger partial charge >= 0.3 is 0 Å². The van der Waals surface area contributed by atoms with Gasteiger partial charge in [-0.3, -0.25) is 4.79 Å². The number of fused-ring (bicyclic) bond motifs is 1. The monoisotopic (exact) mass is 370 g/mol. The normalized spacial score (nSPS) is 16.7. The molecule has 5 heteroatoms. The van der Waals surface area contributed by atoms with Gasteiger partial charge < -0.3 is 15.0 Å². The zero-order valence-corrected chi connectivity index (χ0v) is 16.2. The van der Waals surface area contributed by atoms with Crippen molar-refractivity contribution in [2.75, 3.05) is 25.1 Å². The fourth-order valence-electron chi connectivity index (χ4n) is 3.17. The van der Waals surface area contributed by atoms with E-state index in [9.17, 15) is 4.79 Å². The number of anilines is 1. The van der Waals surface area contributed by atoms with Crippen LogP contribution in [0.2, 0.25) is 0 Å². The van der Waals surface area contributed by atoms with Gasteiger partial charge in [-0.05, 0) is 29.7 Å². The number of para-hydroxylation sites is 1. The lowest BCUT2D eigenvalue weighted by Crippen LogP contribution is -2.37. The van der Waals surface area contributed by atoms with E-state index >= 15 is 0 Å². The zero-order chi connectivity index (χ0) is 18.4. The fraction of sp³-hybridized carbons (Fsp3) is 0.381. The minimum absolute atomic E-state index is 0.0478. The lowest BCUT2D eigenvalue weighted by Gasteiger charge is -2.24. The molecule has 2 aromatic carbocycles. The topological polar surface area (TPSA) is 41.6 Å². The molecule has 138 valence electrons. The molecule has 1 aliphatic rings. The number of ether oxygens (including phenoxy) is 1. The number of carbonyl (C=O) groups excluding carboxylic acids is 1. The van der Waals surface area contributed by atoms with Crippen LogP contribution in [0.5, 0.6) is 0 Å². The summed E-state index contributed by atoms with van der Waals surface area (Å²) in [5.74, 6) is 0.0478. The van der Waals surface area contributed by atoms with Crippen LogP contribution >= 0.6 is 11.8 Å². The highest BCUT2D eigenvalue weighted by Gasteiger charge is 2.21. The van der Waals surface area contributed by atoms with Crippen LogP contribution in [-0.2, 0) is 22.7 Å². The molecule has 0 bridgehead atoms. The number of amides is 1. The van der Waals surface area contributed by atoms with Crippen LogP contribution < -0.4 is 10.2 Å². The summed E-state index contributed by atoms with van der Waals surface area (Å²) in [5, 5.41) is 3.62. The van der Waals surface area contributed by atoms with Crippen LogP contribution in [0.15, 0.2) is 53.4 Å². The fourth-order valence-corrected chi connectivity index (χ4v) is 4.30. The first-order valence-electron chi connectivity index (χ1n) is 9.00. The SMILES string of the molecule is COCc1ccccc1CNC(=O)CN1CC[C@H](C)Sc2ccccc21. The minimum atomic E-state index is 0.0478. The molecule has 26 heavy (non-hydrogen) atoms. The van der Waals surface area contributed by atoms with Gasteiger partial charge in [-0.1, -0.05) is 43.3 Å². The van der Waals surface area contributed by atoms with Crippen LogP contribution in [-0.4, -0.2) is 31.4 Å². The molecule has 4 nitrogen and oxygen atoms in total. The molecule has 0 saturated heterocycles. The first-order valence-corrected chi connectivity index (χ1v) is 9.88. The molecule has 1 N–H and O–H groups in total. The zero-order valence-electron chi connectivity index (χ0n) is 15.4. The summed E-state index contributed by atoms with van der Waals surface area (Å²) < 4.78 is 5.24. The Morgan fingerprint density at radius 1 is 1.19 bits per heavy atom. The summed E-state index contributed by atoms with van der Waals surface area (Å²) in [6.07, 6.45) is 1.07. The molecule has 3 rings (SSSR count). The number of nitrogens with zero attached hydrogens (tertiary/aromatic N) is 1. The van der Waals surface area contributed by atoms with Crippen molar-refractivity contribution in [2.24, 2.45) is 0 Å². The number of nitrogens with one attached hydrogen (secondary N) is 1. The lowest BCUT2D eigenvalue weighted by molar-refractivity contribution is -0.119. The number of hydrogen-bond acceptors (Lipinski definition) is 4. The number of benzene rings is 2. The first kappa shape index (κ1) is 18.8. The number of methoxy groups -OCH3 is 1. The first-order chi connectivity index (χ1) is 12.7. The second-order valence-electron chi connectivity index (χ2n) is 6.58. The van der Waals surface area contributed by atoms with Crippen molar-refractivity contribution in [2.45, 2.75) is 36.6 Å². The average molecular weight is 371 g/mol. The third-order valence-corrected chi connectivity index (χ3v) is 5.81. The van der Waals surface area contributed by atoms with Gasteiger partial charge in [0.05, 0.1) is 18.8 Å². The molecule has 1 aliphatic heterocycles. The Morgan fingerprint density at radius 2 is 1.92 bits per heavy atom. The van der Waals surface area contributed by atoms with E-state index in [1.807, 2.05) is 42.1 Å². The van der Waals surface area contributed by atoms with E-state index in [4.69, 9.17) is 4.74 Å². The molecule has 0 fully saturated rings. The maximum Gasteiger partial charge on any atom is 0.239 e. The standard InChI is InChI=1S/C21H26N2O2S/c1-16-11-12-23(19-9-5-6-10-20(19)26-16)14-21(24)22-13-17-7-3-4-8-18(17)15-25-2/h3-10,16H,11-15H2,1-2H3,(H,22,24)/t16-/m0/s1. The molecule has 0 spiro atoms. The second-order valence-corrected chi connectivity index (χ2v) is 8.07. The summed E-state index contributed by atoms with van der Waals surface area (Å²) in [5.41, 5.74) is 3.38. The predicted octanol–water partition coefficient (Wildman–Crippen LogP) is 3.84. The van der Waals surface area contributed by atoms with E-state index in [0.717, 1.165) is 29.8 Å². The highest BCUT2D eigenvalue weighted by Crippen LogP contribution is 2.36. The second kappa shape index (κ2) is 9.10. The van der Waals surface area contributed by atoms with Gasteiger partial charge in [-0.15, -0.1) is 11.8 Å². The van der Waals surface area contributed by atoms with E-state index in [2.05, 4.69) is 35.3 Å². The molecule has 0 unspecified atom stereocenters. The number of rotatable bonds is 6. The molecule has 0 aliphatic carbocycles. The molecule has 0 saturated carbocycles. The summed E-state index contributed by atoms with van der Waals surface area (Å²) >= 11 is 1.89. The maximum absolute atomic E-state index is 12.6. The molecule has 0 radical (unpaired) electrons. The van der Waals surface area contributed by atoms with E-state index in [0.29, 0.717) is 24.9 Å². The third-order valence-electron chi connectivity index (χ3n) is 4.57. The van der Waals surface area contributed by atoms with Crippen molar-refractivity contribution >= 4 is 23.4 Å². The van der Waals surface area contributed by atoms with Crippen LogP contribution in [0.4, 0.5) is 5.69 Å². The molecule has 2 aromatic rings. The Kier molecular flexibility index (Phi) is 6.58. The quantitative estimate of drug-likeness (QED) is 0.839. The highest BCUT2D eigenvalue weighted by molar-refractivity contribution is 8.00. The Balaban J connectivity index is 1.63. The molecular weight excluding hydrogens is 344 g/mol. The summed E-state index contributed by atoms with van der Waals surface area (Å²) in [4.78, 5) is 16.0. The van der Waals surface area contributed by atoms with Gasteiger partial charge in [0.2, 0.25) is 5.91 Å². The molecular formula is C21H26N2O2S. The molecule has 1 atom stereocenters. The van der Waals surface area contributed by atoms with Gasteiger partial charge in [0.1, 0.15) is 0 Å². The van der Waals surface area contributed by atoms with Gasteiger partial charge in [0, 0.05) is 30.3 Å². The van der Waals surface area contributed by atoms with Crippen molar-refractivity contribution in [3.05, 3.63) is 59.7 Å². The van der Waals surface area contributed by atoms with Gasteiger partial charge in [-0.2, -0.15) is 0 Å². The third kappa shape index (κ3) is 4.80. The van der Waals surface area contributed by atoms with Crippen molar-refractivity contribution in [3.63, 3.8) is 0 Å². The number of hydrogen-bond donors (Lipinski definition) is 1. The summed E-state index contributed by atoms with van der Waals surface area (Å²) in [7, 11) is 1.69. The van der Waals surface area contributed by atoms with E-state index in [-0.39, 0.29) is 5.91 Å². The Labute approximate surface area is 159 Å². The van der Waals surface area contributed by atoms with Crippen molar-refractivity contribution in [3.8, 4) is 0 Å². The van der Waals surface area contributed by atoms with Gasteiger partial charge in [0.15, 0.2) is 0 Å². The minimum Gasteiger partial charge on any atom is -0.380 e. The number of carbonyl (C=O) groups is 1. The highest BCUT2D eigenvalue weighted by atomic mass is 32.2. The maximum atomic E-state index is 12.6. The van der Waals surface area contributed by atoms with Crippen LogP contribution in [0.3, 0.4) is 0 Å². The van der Waals surface area contributed by atoms with Crippen LogP contribution in [0, 0.1) is 0 Å². The van der Waals surface area contributed by atoms with E-state index in [1.165, 1.54) is 4.90 Å². The van der Waals surface area contributed by atoms with Gasteiger partial charge in [-0.25, -0.2) is 0 Å². The van der Waals surface area contributed by atoms with Crippen molar-refractivity contribution in [1.29, 1.82) is 0 Å². The van der Waals surface area contributed by atoms with E-state index in [1.54, 1.807) is 7.11 Å². The average Bonchev–Trinajstić information content (AvgIpc) is 2.80. The summed E-state index contributed by atoms with van der Waals surface area (Å²) in [6.45, 7) is 4.62. The van der Waals surface area contributed by atoms with Crippen molar-refractivity contribution in [1.82, 2.24) is 5.32 Å². The van der Waals surface area contributed by atoms with Crippen LogP contribution in [0.25, 0.3) is 0 Å². The Bertz CT molecular complexity index is 750. The number of thioether (sulfide) groups is 1. The molecule has 0 aromatic heterocycles. The van der Waals surface area contributed by atoms with Crippen LogP contribution in [0.1, 0.15) is 24.5 Å².